The van der Waals surface area contributed by atoms with E-state index in [9.17, 15) is 13.2 Å². The van der Waals surface area contributed by atoms with Crippen LogP contribution in [0.2, 0.25) is 0 Å². The molecule has 0 aliphatic rings. The Kier molecular flexibility index (Phi) is 5.28. The van der Waals surface area contributed by atoms with Crippen molar-refractivity contribution in [3.05, 3.63) is 89.5 Å². The third-order valence-electron chi connectivity index (χ3n) is 4.27. The standard InChI is InChI=1S/C21H20N2O3S/c1-15-9-6-7-13-19(15)22-21(24)18-12-8-14-20(16(18)2)23-27(25,26)17-10-4-3-5-11-17/h3-14,23H,1-2H3,(H,22,24). The zero-order chi connectivity index (χ0) is 19.4. The van der Waals surface area contributed by atoms with Crippen LogP contribution < -0.4 is 10.0 Å². The van der Waals surface area contributed by atoms with Crippen LogP contribution in [0.25, 0.3) is 0 Å². The molecule has 0 spiro atoms. The number of carbonyl (C=O) groups excluding carboxylic acids is 1. The van der Waals surface area contributed by atoms with Crippen molar-refractivity contribution in [2.45, 2.75) is 18.7 Å². The molecule has 0 atom stereocenters. The highest BCUT2D eigenvalue weighted by Gasteiger charge is 2.18. The quantitative estimate of drug-likeness (QED) is 0.691. The van der Waals surface area contributed by atoms with Crippen LogP contribution in [0.4, 0.5) is 11.4 Å². The molecule has 3 aromatic carbocycles. The third kappa shape index (κ3) is 4.17. The van der Waals surface area contributed by atoms with Crippen LogP contribution in [-0.2, 0) is 10.0 Å². The van der Waals surface area contributed by atoms with Gasteiger partial charge in [-0.2, -0.15) is 0 Å². The van der Waals surface area contributed by atoms with Crippen LogP contribution in [0.15, 0.2) is 77.7 Å². The van der Waals surface area contributed by atoms with E-state index in [0.29, 0.717) is 16.8 Å². The van der Waals surface area contributed by atoms with Gasteiger partial charge in [-0.3, -0.25) is 9.52 Å². The molecule has 3 aromatic rings. The molecular formula is C21H20N2O3S. The van der Waals surface area contributed by atoms with Crippen molar-refractivity contribution in [1.29, 1.82) is 0 Å². The van der Waals surface area contributed by atoms with Crippen molar-refractivity contribution in [3.63, 3.8) is 0 Å². The third-order valence-corrected chi connectivity index (χ3v) is 5.65. The summed E-state index contributed by atoms with van der Waals surface area (Å²) in [6.07, 6.45) is 0. The van der Waals surface area contributed by atoms with E-state index in [0.717, 1.165) is 11.3 Å². The van der Waals surface area contributed by atoms with Crippen LogP contribution >= 0.6 is 0 Å². The summed E-state index contributed by atoms with van der Waals surface area (Å²) in [5.74, 6) is -0.289. The van der Waals surface area contributed by atoms with Gasteiger partial charge in [0, 0.05) is 11.3 Å². The molecule has 5 nitrogen and oxygen atoms in total. The molecule has 27 heavy (non-hydrogen) atoms. The van der Waals surface area contributed by atoms with Crippen molar-refractivity contribution in [2.24, 2.45) is 0 Å². The number of sulfonamides is 1. The molecule has 0 bridgehead atoms. The SMILES string of the molecule is Cc1ccccc1NC(=O)c1cccc(NS(=O)(=O)c2ccccc2)c1C. The molecule has 0 aliphatic carbocycles. The monoisotopic (exact) mass is 380 g/mol. The van der Waals surface area contributed by atoms with Gasteiger partial charge in [-0.1, -0.05) is 42.5 Å². The Bertz CT molecular complexity index is 1080. The molecule has 138 valence electrons. The average molecular weight is 380 g/mol. The Morgan fingerprint density at radius 2 is 1.41 bits per heavy atom. The van der Waals surface area contributed by atoms with Crippen molar-refractivity contribution in [3.8, 4) is 0 Å². The second kappa shape index (κ2) is 7.63. The fourth-order valence-electron chi connectivity index (χ4n) is 2.70. The molecule has 0 unspecified atom stereocenters. The van der Waals surface area contributed by atoms with Crippen LogP contribution in [0.3, 0.4) is 0 Å². The maximum Gasteiger partial charge on any atom is 0.261 e. The van der Waals surface area contributed by atoms with Gasteiger partial charge in [0.2, 0.25) is 0 Å². The van der Waals surface area contributed by atoms with Gasteiger partial charge in [0.05, 0.1) is 10.6 Å². The number of rotatable bonds is 5. The molecule has 0 fully saturated rings. The number of carbonyl (C=O) groups is 1. The number of hydrogen-bond donors (Lipinski definition) is 2. The summed E-state index contributed by atoms with van der Waals surface area (Å²) in [4.78, 5) is 12.9. The van der Waals surface area contributed by atoms with Crippen molar-refractivity contribution < 1.29 is 13.2 Å². The number of para-hydroxylation sites is 1. The molecule has 0 heterocycles. The largest absolute Gasteiger partial charge is 0.322 e. The van der Waals surface area contributed by atoms with E-state index in [1.807, 2.05) is 31.2 Å². The number of anilines is 2. The Balaban J connectivity index is 1.88. The lowest BCUT2D eigenvalue weighted by Gasteiger charge is -2.14. The van der Waals surface area contributed by atoms with Gasteiger partial charge in [0.15, 0.2) is 0 Å². The van der Waals surface area contributed by atoms with Gasteiger partial charge < -0.3 is 5.32 Å². The van der Waals surface area contributed by atoms with Gasteiger partial charge in [-0.15, -0.1) is 0 Å². The van der Waals surface area contributed by atoms with Crippen LogP contribution in [0.5, 0.6) is 0 Å². The minimum absolute atomic E-state index is 0.166. The maximum atomic E-state index is 12.7. The first-order valence-electron chi connectivity index (χ1n) is 8.43. The first kappa shape index (κ1) is 18.7. The molecule has 0 saturated heterocycles. The first-order valence-corrected chi connectivity index (χ1v) is 9.91. The van der Waals surface area contributed by atoms with Crippen molar-refractivity contribution in [2.75, 3.05) is 10.0 Å². The predicted molar refractivity (Wildman–Crippen MR) is 108 cm³/mol. The highest BCUT2D eigenvalue weighted by atomic mass is 32.2. The molecular weight excluding hydrogens is 360 g/mol. The van der Waals surface area contributed by atoms with Gasteiger partial charge >= 0.3 is 0 Å². The van der Waals surface area contributed by atoms with Gasteiger partial charge in [0.25, 0.3) is 15.9 Å². The second-order valence-electron chi connectivity index (χ2n) is 6.17. The number of aryl methyl sites for hydroxylation is 1. The summed E-state index contributed by atoms with van der Waals surface area (Å²) < 4.78 is 27.7. The van der Waals surface area contributed by atoms with E-state index >= 15 is 0 Å². The Labute approximate surface area is 159 Å². The summed E-state index contributed by atoms with van der Waals surface area (Å²) in [5.41, 5.74) is 3.01. The second-order valence-corrected chi connectivity index (χ2v) is 7.85. The number of amides is 1. The fraction of sp³-hybridized carbons (Fsp3) is 0.0952. The maximum absolute atomic E-state index is 12.7. The molecule has 1 amide bonds. The lowest BCUT2D eigenvalue weighted by atomic mass is 10.1. The minimum atomic E-state index is -3.73. The highest BCUT2D eigenvalue weighted by molar-refractivity contribution is 7.92. The fourth-order valence-corrected chi connectivity index (χ4v) is 3.84. The molecule has 6 heteroatoms. The lowest BCUT2D eigenvalue weighted by molar-refractivity contribution is 0.102. The van der Waals surface area contributed by atoms with Gasteiger partial charge in [0.1, 0.15) is 0 Å². The molecule has 0 aliphatic heterocycles. The Morgan fingerprint density at radius 1 is 0.778 bits per heavy atom. The Hall–Kier alpha value is -3.12. The summed E-state index contributed by atoms with van der Waals surface area (Å²) in [6, 6.07) is 20.6. The minimum Gasteiger partial charge on any atom is -0.322 e. The summed E-state index contributed by atoms with van der Waals surface area (Å²) >= 11 is 0. The van der Waals surface area contributed by atoms with Crippen molar-refractivity contribution >= 4 is 27.3 Å². The molecule has 0 radical (unpaired) electrons. The summed E-state index contributed by atoms with van der Waals surface area (Å²) in [6.45, 7) is 3.63. The first-order chi connectivity index (χ1) is 12.9. The van der Waals surface area contributed by atoms with E-state index < -0.39 is 10.0 Å². The molecule has 0 aromatic heterocycles. The van der Waals surface area contributed by atoms with E-state index in [-0.39, 0.29) is 10.8 Å². The van der Waals surface area contributed by atoms with E-state index in [1.165, 1.54) is 12.1 Å². The summed E-state index contributed by atoms with van der Waals surface area (Å²) in [7, 11) is -3.73. The topological polar surface area (TPSA) is 75.3 Å². The van der Waals surface area contributed by atoms with E-state index in [2.05, 4.69) is 10.0 Å². The number of nitrogens with one attached hydrogen (secondary N) is 2. The number of hydrogen-bond acceptors (Lipinski definition) is 3. The zero-order valence-corrected chi connectivity index (χ0v) is 15.9. The lowest BCUT2D eigenvalue weighted by Crippen LogP contribution is -2.17. The predicted octanol–water partition coefficient (Wildman–Crippen LogP) is 4.36. The smallest absolute Gasteiger partial charge is 0.261 e. The van der Waals surface area contributed by atoms with Gasteiger partial charge in [-0.05, 0) is 55.3 Å². The summed E-state index contributed by atoms with van der Waals surface area (Å²) in [5, 5.41) is 2.87. The van der Waals surface area contributed by atoms with E-state index in [1.54, 1.807) is 43.3 Å². The average Bonchev–Trinajstić information content (AvgIpc) is 2.66. The van der Waals surface area contributed by atoms with E-state index in [4.69, 9.17) is 0 Å². The molecule has 2 N–H and O–H groups in total. The van der Waals surface area contributed by atoms with Crippen molar-refractivity contribution in [1.82, 2.24) is 0 Å². The number of benzene rings is 3. The molecule has 3 rings (SSSR count). The molecule has 0 saturated carbocycles. The highest BCUT2D eigenvalue weighted by Crippen LogP contribution is 2.24. The van der Waals surface area contributed by atoms with Crippen LogP contribution in [-0.4, -0.2) is 14.3 Å². The Morgan fingerprint density at radius 3 is 2.11 bits per heavy atom. The van der Waals surface area contributed by atoms with Crippen LogP contribution in [0.1, 0.15) is 21.5 Å². The van der Waals surface area contributed by atoms with Gasteiger partial charge in [-0.25, -0.2) is 8.42 Å². The normalized spacial score (nSPS) is 11.0. The zero-order valence-electron chi connectivity index (χ0n) is 15.1. The van der Waals surface area contributed by atoms with Crippen LogP contribution in [0, 0.1) is 13.8 Å².